The predicted octanol–water partition coefficient (Wildman–Crippen LogP) is 10.2. The van der Waals surface area contributed by atoms with Crippen molar-refractivity contribution in [2.24, 2.45) is 0 Å². The van der Waals surface area contributed by atoms with Crippen molar-refractivity contribution < 1.29 is 10.2 Å². The molecular formula is C25H20Cl8O2. The van der Waals surface area contributed by atoms with Gasteiger partial charge in [0.25, 0.3) is 0 Å². The molecule has 0 radical (unpaired) electrons. The third kappa shape index (κ3) is 6.32. The molecule has 0 aromatic heterocycles. The second-order valence-corrected chi connectivity index (χ2v) is 12.3. The molecule has 10 heteroatoms. The highest BCUT2D eigenvalue weighted by Gasteiger charge is 2.38. The van der Waals surface area contributed by atoms with E-state index >= 15 is 0 Å². The Morgan fingerprint density at radius 1 is 0.571 bits per heavy atom. The average molecular weight is 636 g/mol. The highest BCUT2D eigenvalue weighted by atomic mass is 35.5. The average Bonchev–Trinajstić information content (AvgIpc) is 2.64. The molecule has 0 bridgehead atoms. The fourth-order valence-corrected chi connectivity index (χ4v) is 6.54. The zero-order valence-electron chi connectivity index (χ0n) is 18.7. The molecule has 188 valence electrons. The lowest BCUT2D eigenvalue weighted by Gasteiger charge is -2.36. The molecule has 0 saturated carbocycles. The van der Waals surface area contributed by atoms with Gasteiger partial charge in [-0.3, -0.25) is 0 Å². The van der Waals surface area contributed by atoms with Crippen LogP contribution in [0.15, 0.2) is 36.4 Å². The second-order valence-electron chi connectivity index (χ2n) is 8.98. The lowest BCUT2D eigenvalue weighted by atomic mass is 9.81. The van der Waals surface area contributed by atoms with Crippen molar-refractivity contribution >= 4 is 92.8 Å². The van der Waals surface area contributed by atoms with Crippen LogP contribution in [0.1, 0.15) is 48.9 Å². The van der Waals surface area contributed by atoms with Crippen LogP contribution in [0.2, 0.25) is 40.2 Å². The van der Waals surface area contributed by atoms with Crippen LogP contribution in [0.5, 0.6) is 0 Å². The van der Waals surface area contributed by atoms with Gasteiger partial charge in [0.2, 0.25) is 0 Å². The van der Waals surface area contributed by atoms with Crippen LogP contribution in [0.25, 0.3) is 0 Å². The number of hydrogen-bond acceptors (Lipinski definition) is 2. The van der Waals surface area contributed by atoms with Gasteiger partial charge in [-0.25, -0.2) is 0 Å². The molecule has 0 aliphatic carbocycles. The Bertz CT molecular complexity index is 1150. The summed E-state index contributed by atoms with van der Waals surface area (Å²) in [6.45, 7) is 4.58. The van der Waals surface area contributed by atoms with Gasteiger partial charge >= 0.3 is 0 Å². The van der Waals surface area contributed by atoms with Crippen LogP contribution in [0.4, 0.5) is 0 Å². The molecule has 3 aromatic rings. The van der Waals surface area contributed by atoms with E-state index in [1.54, 1.807) is 36.4 Å². The SMILES string of the molecule is CC(C)(O)C(C)(O)Cc1cc(Cl)c(C(c2c(Cl)cc(Cl)cc2Cl)c2c(Cl)cc(Cl)cc2Cl)c(Cl)c1. The monoisotopic (exact) mass is 632 g/mol. The summed E-state index contributed by atoms with van der Waals surface area (Å²) < 4.78 is 0. The van der Waals surface area contributed by atoms with Crippen LogP contribution in [-0.4, -0.2) is 21.4 Å². The van der Waals surface area contributed by atoms with Crippen molar-refractivity contribution in [2.75, 3.05) is 0 Å². The Balaban J connectivity index is 2.31. The first-order valence-electron chi connectivity index (χ1n) is 10.2. The first-order valence-corrected chi connectivity index (χ1v) is 13.3. The van der Waals surface area contributed by atoms with E-state index in [1.165, 1.54) is 20.8 Å². The molecule has 35 heavy (non-hydrogen) atoms. The predicted molar refractivity (Wildman–Crippen MR) is 151 cm³/mol. The van der Waals surface area contributed by atoms with Gasteiger partial charge in [-0.1, -0.05) is 92.8 Å². The summed E-state index contributed by atoms with van der Waals surface area (Å²) in [6, 6.07) is 9.51. The van der Waals surface area contributed by atoms with Gasteiger partial charge in [0, 0.05) is 69.2 Å². The highest BCUT2D eigenvalue weighted by Crippen LogP contribution is 2.50. The van der Waals surface area contributed by atoms with Crippen LogP contribution < -0.4 is 0 Å². The summed E-state index contributed by atoms with van der Waals surface area (Å²) in [6.07, 6.45) is 0.0891. The molecule has 0 amide bonds. The van der Waals surface area contributed by atoms with E-state index in [0.717, 1.165) is 0 Å². The Morgan fingerprint density at radius 3 is 1.14 bits per heavy atom. The van der Waals surface area contributed by atoms with E-state index in [0.29, 0.717) is 32.3 Å². The molecule has 3 aromatic carbocycles. The van der Waals surface area contributed by atoms with E-state index < -0.39 is 17.1 Å². The summed E-state index contributed by atoms with van der Waals surface area (Å²) in [5.74, 6) is -0.784. The van der Waals surface area contributed by atoms with Crippen molar-refractivity contribution in [2.45, 2.75) is 44.3 Å². The van der Waals surface area contributed by atoms with E-state index in [9.17, 15) is 10.2 Å². The van der Waals surface area contributed by atoms with Gasteiger partial charge in [-0.2, -0.15) is 0 Å². The summed E-state index contributed by atoms with van der Waals surface area (Å²) in [5, 5.41) is 23.4. The van der Waals surface area contributed by atoms with E-state index in [-0.39, 0.29) is 36.6 Å². The highest BCUT2D eigenvalue weighted by molar-refractivity contribution is 6.42. The topological polar surface area (TPSA) is 40.5 Å². The van der Waals surface area contributed by atoms with Gasteiger partial charge in [0.1, 0.15) is 0 Å². The lowest BCUT2D eigenvalue weighted by molar-refractivity contribution is -0.118. The van der Waals surface area contributed by atoms with E-state index in [1.807, 2.05) is 0 Å². The molecule has 3 rings (SSSR count). The molecule has 0 aliphatic heterocycles. The summed E-state index contributed by atoms with van der Waals surface area (Å²) in [7, 11) is 0. The fourth-order valence-electron chi connectivity index (χ4n) is 3.72. The zero-order valence-corrected chi connectivity index (χ0v) is 24.7. The number of benzene rings is 3. The number of aliphatic hydroxyl groups is 2. The maximum atomic E-state index is 10.8. The van der Waals surface area contributed by atoms with Crippen LogP contribution in [0, 0.1) is 0 Å². The number of rotatable bonds is 6. The minimum atomic E-state index is -1.45. The smallest absolute Gasteiger partial charge is 0.0940 e. The van der Waals surface area contributed by atoms with Gasteiger partial charge in [-0.15, -0.1) is 0 Å². The maximum Gasteiger partial charge on any atom is 0.0940 e. The number of halogens is 8. The summed E-state index contributed by atoms with van der Waals surface area (Å²) in [5.41, 5.74) is -0.880. The molecule has 0 aliphatic rings. The quantitative estimate of drug-likeness (QED) is 0.265. The molecule has 0 heterocycles. The third-order valence-corrected chi connectivity index (χ3v) is 8.27. The number of hydrogen-bond donors (Lipinski definition) is 2. The Hall–Kier alpha value is -0.100. The molecule has 2 N–H and O–H groups in total. The standard InChI is InChI=1S/C25H20Cl8O2/c1-24(2,34)25(3,35)10-11-4-14(28)20(15(29)5-11)23(21-16(30)6-12(26)7-17(21)31)22-18(32)8-13(27)9-19(22)33/h4-9,23,34-35H,10H2,1-3H3. The van der Waals surface area contributed by atoms with Gasteiger partial charge in [-0.05, 0) is 62.7 Å². The minimum Gasteiger partial charge on any atom is -0.387 e. The van der Waals surface area contributed by atoms with Crippen molar-refractivity contribution in [3.05, 3.63) is 98.8 Å². The van der Waals surface area contributed by atoms with Gasteiger partial charge in [0.15, 0.2) is 0 Å². The van der Waals surface area contributed by atoms with E-state index in [2.05, 4.69) is 0 Å². The largest absolute Gasteiger partial charge is 0.387 e. The Morgan fingerprint density at radius 2 is 0.857 bits per heavy atom. The summed E-state index contributed by atoms with van der Waals surface area (Å²) in [4.78, 5) is 0. The first-order chi connectivity index (χ1) is 16.0. The van der Waals surface area contributed by atoms with Crippen molar-refractivity contribution in [1.29, 1.82) is 0 Å². The minimum absolute atomic E-state index is 0.0891. The molecule has 1 unspecified atom stereocenters. The molecular weight excluding hydrogens is 616 g/mol. The van der Waals surface area contributed by atoms with Crippen molar-refractivity contribution in [3.8, 4) is 0 Å². The van der Waals surface area contributed by atoms with Crippen LogP contribution in [-0.2, 0) is 6.42 Å². The molecule has 0 fully saturated rings. The van der Waals surface area contributed by atoms with Crippen molar-refractivity contribution in [1.82, 2.24) is 0 Å². The summed E-state index contributed by atoms with van der Waals surface area (Å²) >= 11 is 52.3. The third-order valence-electron chi connectivity index (χ3n) is 5.96. The van der Waals surface area contributed by atoms with Gasteiger partial charge in [0.05, 0.1) is 11.2 Å². The first kappa shape index (κ1) is 29.5. The zero-order chi connectivity index (χ0) is 26.5. The molecule has 0 spiro atoms. The fraction of sp³-hybridized carbons (Fsp3) is 0.280. The normalized spacial score (nSPS) is 13.9. The van der Waals surface area contributed by atoms with E-state index in [4.69, 9.17) is 92.8 Å². The molecule has 1 atom stereocenters. The Kier molecular flexibility index (Phi) is 9.21. The van der Waals surface area contributed by atoms with Gasteiger partial charge < -0.3 is 10.2 Å². The Labute approximate surface area is 244 Å². The molecule has 2 nitrogen and oxygen atoms in total. The molecule has 0 saturated heterocycles. The maximum absolute atomic E-state index is 10.8. The van der Waals surface area contributed by atoms with Crippen LogP contribution in [0.3, 0.4) is 0 Å². The second kappa shape index (κ2) is 10.9. The lowest BCUT2D eigenvalue weighted by Crippen LogP contribution is -2.49. The van der Waals surface area contributed by atoms with Crippen LogP contribution >= 0.6 is 92.8 Å². The van der Waals surface area contributed by atoms with Crippen molar-refractivity contribution in [3.63, 3.8) is 0 Å².